The molecule has 0 heterocycles. The first-order valence-electron chi connectivity index (χ1n) is 11.7. The summed E-state index contributed by atoms with van der Waals surface area (Å²) in [5, 5.41) is 3.07. The molecule has 3 rings (SSSR count). The number of rotatable bonds is 11. The normalized spacial score (nSPS) is 11.8. The predicted octanol–water partition coefficient (Wildman–Crippen LogP) is 3.72. The van der Waals surface area contributed by atoms with E-state index in [0.29, 0.717) is 10.8 Å². The number of hydrogen-bond acceptors (Lipinski definition) is 6. The SMILES string of the molecule is CNC(=O)[C@@H](C)N(Cc1ccc(Cl)cc1)C(=O)CN(c1cc(OC)ccc1OC)S(=O)(=O)c1ccccc1. The summed E-state index contributed by atoms with van der Waals surface area (Å²) < 4.78 is 39.5. The minimum Gasteiger partial charge on any atom is -0.497 e. The molecule has 0 saturated carbocycles. The van der Waals surface area contributed by atoms with Crippen LogP contribution in [-0.2, 0) is 26.2 Å². The number of carbonyl (C=O) groups is 2. The molecule has 11 heteroatoms. The van der Waals surface area contributed by atoms with Crippen molar-refractivity contribution in [1.29, 1.82) is 0 Å². The van der Waals surface area contributed by atoms with Gasteiger partial charge in [-0.25, -0.2) is 8.42 Å². The molecule has 0 aliphatic carbocycles. The Morgan fingerprint density at radius 3 is 2.21 bits per heavy atom. The van der Waals surface area contributed by atoms with Crippen molar-refractivity contribution in [3.63, 3.8) is 0 Å². The van der Waals surface area contributed by atoms with Gasteiger partial charge in [-0.05, 0) is 48.9 Å². The van der Waals surface area contributed by atoms with Crippen LogP contribution >= 0.6 is 11.6 Å². The molecule has 202 valence electrons. The Labute approximate surface area is 228 Å². The van der Waals surface area contributed by atoms with E-state index in [2.05, 4.69) is 5.32 Å². The second kappa shape index (κ2) is 12.7. The maximum atomic E-state index is 13.9. The van der Waals surface area contributed by atoms with Crippen molar-refractivity contribution in [1.82, 2.24) is 10.2 Å². The van der Waals surface area contributed by atoms with E-state index in [-0.39, 0.29) is 22.9 Å². The monoisotopic (exact) mass is 559 g/mol. The van der Waals surface area contributed by atoms with Crippen LogP contribution in [0.3, 0.4) is 0 Å². The van der Waals surface area contributed by atoms with Crippen LogP contribution in [0.2, 0.25) is 5.02 Å². The Morgan fingerprint density at radius 2 is 1.63 bits per heavy atom. The molecule has 0 saturated heterocycles. The summed E-state index contributed by atoms with van der Waals surface area (Å²) in [6, 6.07) is 18.4. The minimum atomic E-state index is -4.24. The maximum Gasteiger partial charge on any atom is 0.264 e. The fraction of sp³-hybridized carbons (Fsp3) is 0.259. The molecule has 0 aliphatic rings. The molecule has 0 bridgehead atoms. The highest BCUT2D eigenvalue weighted by Gasteiger charge is 2.33. The van der Waals surface area contributed by atoms with Crippen LogP contribution in [0.15, 0.2) is 77.7 Å². The molecular formula is C27H30ClN3O6S. The van der Waals surface area contributed by atoms with Gasteiger partial charge in [-0.3, -0.25) is 13.9 Å². The van der Waals surface area contributed by atoms with Gasteiger partial charge in [-0.15, -0.1) is 0 Å². The van der Waals surface area contributed by atoms with E-state index >= 15 is 0 Å². The van der Waals surface area contributed by atoms with Gasteiger partial charge in [0.05, 0.1) is 24.8 Å². The molecule has 0 radical (unpaired) electrons. The second-order valence-corrected chi connectivity index (χ2v) is 10.6. The zero-order valence-corrected chi connectivity index (χ0v) is 23.1. The average molecular weight is 560 g/mol. The number of likely N-dealkylation sites (N-methyl/N-ethyl adjacent to an activating group) is 1. The first-order chi connectivity index (χ1) is 18.1. The third-order valence-corrected chi connectivity index (χ3v) is 7.97. The quantitative estimate of drug-likeness (QED) is 0.384. The summed E-state index contributed by atoms with van der Waals surface area (Å²) in [5.74, 6) is -0.399. The third-order valence-electron chi connectivity index (χ3n) is 5.94. The molecule has 0 aliphatic heterocycles. The number of sulfonamides is 1. The van der Waals surface area contributed by atoms with Gasteiger partial charge in [0.25, 0.3) is 10.0 Å². The van der Waals surface area contributed by atoms with Crippen LogP contribution < -0.4 is 19.1 Å². The van der Waals surface area contributed by atoms with E-state index in [4.69, 9.17) is 21.1 Å². The first-order valence-corrected chi connectivity index (χ1v) is 13.5. The van der Waals surface area contributed by atoms with Gasteiger partial charge in [0.2, 0.25) is 11.8 Å². The van der Waals surface area contributed by atoms with E-state index in [1.165, 1.54) is 44.4 Å². The molecule has 3 aromatic rings. The highest BCUT2D eigenvalue weighted by Crippen LogP contribution is 2.36. The smallest absolute Gasteiger partial charge is 0.264 e. The molecule has 38 heavy (non-hydrogen) atoms. The molecule has 0 aromatic heterocycles. The van der Waals surface area contributed by atoms with Crippen molar-refractivity contribution in [2.45, 2.75) is 24.4 Å². The van der Waals surface area contributed by atoms with E-state index in [1.807, 2.05) is 0 Å². The lowest BCUT2D eigenvalue weighted by molar-refractivity contribution is -0.139. The van der Waals surface area contributed by atoms with Crippen molar-refractivity contribution in [2.24, 2.45) is 0 Å². The second-order valence-electron chi connectivity index (χ2n) is 8.30. The number of amides is 2. The average Bonchev–Trinajstić information content (AvgIpc) is 2.94. The Kier molecular flexibility index (Phi) is 9.60. The molecule has 0 unspecified atom stereocenters. The minimum absolute atomic E-state index is 0.0127. The molecule has 9 nitrogen and oxygen atoms in total. The third kappa shape index (κ3) is 6.56. The Bertz CT molecular complexity index is 1370. The molecule has 3 aromatic carbocycles. The van der Waals surface area contributed by atoms with Gasteiger partial charge in [0, 0.05) is 24.7 Å². The Hall–Kier alpha value is -3.76. The lowest BCUT2D eigenvalue weighted by Gasteiger charge is -2.32. The largest absolute Gasteiger partial charge is 0.497 e. The fourth-order valence-corrected chi connectivity index (χ4v) is 5.37. The van der Waals surface area contributed by atoms with Gasteiger partial charge in [-0.1, -0.05) is 41.9 Å². The van der Waals surface area contributed by atoms with E-state index in [9.17, 15) is 18.0 Å². The molecule has 1 N–H and O–H groups in total. The summed E-state index contributed by atoms with van der Waals surface area (Å²) in [6.45, 7) is 1.03. The topological polar surface area (TPSA) is 105 Å². The summed E-state index contributed by atoms with van der Waals surface area (Å²) in [6.07, 6.45) is 0. The number of carbonyl (C=O) groups excluding carboxylic acids is 2. The van der Waals surface area contributed by atoms with Crippen molar-refractivity contribution in [3.8, 4) is 11.5 Å². The van der Waals surface area contributed by atoms with E-state index in [0.717, 1.165) is 9.87 Å². The lowest BCUT2D eigenvalue weighted by Crippen LogP contribution is -2.50. The summed E-state index contributed by atoms with van der Waals surface area (Å²) in [7, 11) is 0.0851. The summed E-state index contributed by atoms with van der Waals surface area (Å²) >= 11 is 6.00. The van der Waals surface area contributed by atoms with Crippen molar-refractivity contribution in [2.75, 3.05) is 32.1 Å². The van der Waals surface area contributed by atoms with Crippen LogP contribution in [0.5, 0.6) is 11.5 Å². The molecule has 0 spiro atoms. The van der Waals surface area contributed by atoms with Gasteiger partial charge >= 0.3 is 0 Å². The van der Waals surface area contributed by atoms with E-state index < -0.39 is 34.4 Å². The standard InChI is InChI=1S/C27H30ClN3O6S/c1-19(27(33)29-2)30(17-20-10-12-21(28)13-11-20)26(32)18-31(38(34,35)23-8-6-5-7-9-23)24-16-22(36-3)14-15-25(24)37-4/h5-16,19H,17-18H2,1-4H3,(H,29,33)/t19-/m1/s1. The van der Waals surface area contributed by atoms with Gasteiger partial charge < -0.3 is 19.7 Å². The van der Waals surface area contributed by atoms with Crippen LogP contribution in [-0.4, -0.2) is 59.0 Å². The Balaban J connectivity index is 2.10. The number of hydrogen-bond donors (Lipinski definition) is 1. The van der Waals surface area contributed by atoms with Crippen molar-refractivity contribution < 1.29 is 27.5 Å². The zero-order chi connectivity index (χ0) is 27.9. The first kappa shape index (κ1) is 28.8. The number of halogens is 1. The molecular weight excluding hydrogens is 530 g/mol. The number of methoxy groups -OCH3 is 2. The summed E-state index contributed by atoms with van der Waals surface area (Å²) in [4.78, 5) is 27.7. The highest BCUT2D eigenvalue weighted by atomic mass is 35.5. The highest BCUT2D eigenvalue weighted by molar-refractivity contribution is 7.92. The van der Waals surface area contributed by atoms with Crippen molar-refractivity contribution >= 4 is 39.1 Å². The number of nitrogens with one attached hydrogen (secondary N) is 1. The fourth-order valence-electron chi connectivity index (χ4n) is 3.80. The lowest BCUT2D eigenvalue weighted by atomic mass is 10.1. The van der Waals surface area contributed by atoms with Gasteiger partial charge in [-0.2, -0.15) is 0 Å². The van der Waals surface area contributed by atoms with Crippen LogP contribution in [0.1, 0.15) is 12.5 Å². The van der Waals surface area contributed by atoms with Gasteiger partial charge in [0.1, 0.15) is 24.1 Å². The molecule has 0 fully saturated rings. The molecule has 1 atom stereocenters. The zero-order valence-electron chi connectivity index (χ0n) is 21.5. The number of nitrogens with zero attached hydrogens (tertiary/aromatic N) is 2. The summed E-state index contributed by atoms with van der Waals surface area (Å²) in [5.41, 5.74) is 0.832. The maximum absolute atomic E-state index is 13.9. The predicted molar refractivity (Wildman–Crippen MR) is 146 cm³/mol. The van der Waals surface area contributed by atoms with Crippen LogP contribution in [0, 0.1) is 0 Å². The number of benzene rings is 3. The van der Waals surface area contributed by atoms with Crippen molar-refractivity contribution in [3.05, 3.63) is 83.4 Å². The number of ether oxygens (including phenoxy) is 2. The van der Waals surface area contributed by atoms with E-state index in [1.54, 1.807) is 61.5 Å². The Morgan fingerprint density at radius 1 is 0.974 bits per heavy atom. The number of anilines is 1. The van der Waals surface area contributed by atoms with Crippen LogP contribution in [0.25, 0.3) is 0 Å². The van der Waals surface area contributed by atoms with Gasteiger partial charge in [0.15, 0.2) is 0 Å². The van der Waals surface area contributed by atoms with Crippen LogP contribution in [0.4, 0.5) is 5.69 Å². The molecule has 2 amide bonds.